The number of rotatable bonds is 6. The van der Waals surface area contributed by atoms with E-state index in [1.54, 1.807) is 6.07 Å². The second-order valence-electron chi connectivity index (χ2n) is 15.5. The molecule has 2 amide bonds. The summed E-state index contributed by atoms with van der Waals surface area (Å²) in [4.78, 5) is 31.7. The smallest absolute Gasteiger partial charge is 0.268 e. The lowest BCUT2D eigenvalue weighted by atomic mass is 9.92. The molecule has 0 N–H and O–H groups in total. The number of hydrogen-bond donors (Lipinski definition) is 0. The number of imide groups is 1. The van der Waals surface area contributed by atoms with Crippen molar-refractivity contribution in [3.63, 3.8) is 0 Å². The van der Waals surface area contributed by atoms with Crippen LogP contribution in [-0.2, 0) is 0 Å². The third-order valence-electron chi connectivity index (χ3n) is 11.7. The number of hydrogen-bond acceptors (Lipinski definition) is 2. The van der Waals surface area contributed by atoms with Crippen LogP contribution in [0.25, 0.3) is 72.0 Å². The van der Waals surface area contributed by atoms with Crippen LogP contribution in [0.5, 0.6) is 0 Å². The molecule has 60 heavy (non-hydrogen) atoms. The number of carbonyl (C=O) groups excluding carboxylic acids is 2. The molecule has 0 fully saturated rings. The summed E-state index contributed by atoms with van der Waals surface area (Å²) < 4.78 is 2.26. The minimum atomic E-state index is -0.346. The number of anilines is 1. The van der Waals surface area contributed by atoms with Gasteiger partial charge in [-0.25, -0.2) is 4.90 Å². The molecule has 10 rings (SSSR count). The zero-order valence-corrected chi connectivity index (χ0v) is 34.9. The molecule has 4 nitrogen and oxygen atoms in total. The average molecular weight is 779 g/mol. The predicted molar refractivity (Wildman–Crippen MR) is 250 cm³/mol. The molecule has 0 bridgehead atoms. The van der Waals surface area contributed by atoms with Gasteiger partial charge >= 0.3 is 0 Å². The van der Waals surface area contributed by atoms with Gasteiger partial charge in [-0.05, 0) is 84.8 Å². The third-order valence-corrected chi connectivity index (χ3v) is 11.7. The van der Waals surface area contributed by atoms with Crippen molar-refractivity contribution in [3.05, 3.63) is 203 Å². The summed E-state index contributed by atoms with van der Waals surface area (Å²) in [6.07, 6.45) is 0. The van der Waals surface area contributed by atoms with E-state index < -0.39 is 0 Å². The maximum absolute atomic E-state index is 15.4. The van der Waals surface area contributed by atoms with E-state index in [9.17, 15) is 4.79 Å². The van der Waals surface area contributed by atoms with Crippen LogP contribution in [0.15, 0.2) is 170 Å². The highest BCUT2D eigenvalue weighted by molar-refractivity contribution is 6.37. The maximum Gasteiger partial charge on any atom is 0.268 e. The Labute approximate surface area is 352 Å². The van der Waals surface area contributed by atoms with E-state index in [1.807, 2.05) is 86.6 Å². The molecule has 0 radical (unpaired) electrons. The Morgan fingerprint density at radius 3 is 1.37 bits per heavy atom. The van der Waals surface area contributed by atoms with Crippen molar-refractivity contribution < 1.29 is 9.59 Å². The van der Waals surface area contributed by atoms with E-state index in [0.717, 1.165) is 66.3 Å². The fourth-order valence-electron chi connectivity index (χ4n) is 9.19. The summed E-state index contributed by atoms with van der Waals surface area (Å²) in [6.45, 7) is 12.5. The van der Waals surface area contributed by atoms with E-state index in [0.29, 0.717) is 22.5 Å². The lowest BCUT2D eigenvalue weighted by Gasteiger charge is -2.22. The van der Waals surface area contributed by atoms with Crippen molar-refractivity contribution in [2.45, 2.75) is 41.5 Å². The van der Waals surface area contributed by atoms with Gasteiger partial charge in [0.1, 0.15) is 0 Å². The molecule has 0 saturated heterocycles. The molecule has 8 aromatic carbocycles. The van der Waals surface area contributed by atoms with Gasteiger partial charge in [-0.15, -0.1) is 0 Å². The summed E-state index contributed by atoms with van der Waals surface area (Å²) in [5.41, 5.74) is 16.8. The summed E-state index contributed by atoms with van der Waals surface area (Å²) in [6, 6.07) is 57.9. The molecule has 9 aromatic rings. The van der Waals surface area contributed by atoms with Crippen molar-refractivity contribution in [3.8, 4) is 50.2 Å². The zero-order chi connectivity index (χ0) is 41.7. The minimum Gasteiger partial charge on any atom is -0.307 e. The summed E-state index contributed by atoms with van der Waals surface area (Å²) in [7, 11) is 0. The molecular formula is C56H46N2O2. The molecule has 0 unspecified atom stereocenters. The van der Waals surface area contributed by atoms with Crippen molar-refractivity contribution in [2.75, 3.05) is 4.90 Å². The number of aryl methyl sites for hydroxylation is 4. The molecule has 0 spiro atoms. The Bertz CT molecular complexity index is 3030. The third kappa shape index (κ3) is 6.15. The Balaban J connectivity index is 0.00000228. The Hall–Kier alpha value is -7.30. The minimum absolute atomic E-state index is 0.339. The second kappa shape index (κ2) is 15.5. The number of para-hydroxylation sites is 2. The molecule has 0 atom stereocenters. The Morgan fingerprint density at radius 2 is 0.833 bits per heavy atom. The molecule has 292 valence electrons. The van der Waals surface area contributed by atoms with Crippen molar-refractivity contribution >= 4 is 39.3 Å². The largest absolute Gasteiger partial charge is 0.307 e. The van der Waals surface area contributed by atoms with Crippen molar-refractivity contribution in [1.82, 2.24) is 4.57 Å². The molecule has 2 heterocycles. The van der Waals surface area contributed by atoms with Gasteiger partial charge in [0.2, 0.25) is 0 Å². The van der Waals surface area contributed by atoms with Gasteiger partial charge in [-0.1, -0.05) is 177 Å². The predicted octanol–water partition coefficient (Wildman–Crippen LogP) is 14.5. The average Bonchev–Trinajstić information content (AvgIpc) is 3.75. The highest BCUT2D eigenvalue weighted by Crippen LogP contribution is 2.47. The van der Waals surface area contributed by atoms with E-state index in [4.69, 9.17) is 0 Å². The van der Waals surface area contributed by atoms with Crippen LogP contribution >= 0.6 is 0 Å². The highest BCUT2D eigenvalue weighted by atomic mass is 16.2. The highest BCUT2D eigenvalue weighted by Gasteiger charge is 2.41. The van der Waals surface area contributed by atoms with Gasteiger partial charge in [0, 0.05) is 27.5 Å². The Kier molecular flexibility index (Phi) is 9.85. The van der Waals surface area contributed by atoms with Gasteiger partial charge in [0.15, 0.2) is 0 Å². The fraction of sp³-hybridized carbons (Fsp3) is 0.107. The first-order valence-electron chi connectivity index (χ1n) is 20.8. The van der Waals surface area contributed by atoms with Gasteiger partial charge in [0.25, 0.3) is 11.8 Å². The normalized spacial score (nSPS) is 12.2. The second-order valence-corrected chi connectivity index (χ2v) is 15.5. The van der Waals surface area contributed by atoms with E-state index in [-0.39, 0.29) is 11.8 Å². The number of benzene rings is 8. The molecular weight excluding hydrogens is 733 g/mol. The zero-order valence-electron chi connectivity index (χ0n) is 34.9. The summed E-state index contributed by atoms with van der Waals surface area (Å²) in [5, 5.41) is 2.15. The van der Waals surface area contributed by atoms with Gasteiger partial charge < -0.3 is 4.57 Å². The van der Waals surface area contributed by atoms with Gasteiger partial charge in [0.05, 0.1) is 33.5 Å². The lowest BCUT2D eigenvalue weighted by Crippen LogP contribution is -2.30. The van der Waals surface area contributed by atoms with Crippen LogP contribution in [0, 0.1) is 27.7 Å². The fourth-order valence-corrected chi connectivity index (χ4v) is 9.19. The number of aromatic nitrogens is 1. The first-order valence-corrected chi connectivity index (χ1v) is 20.8. The summed E-state index contributed by atoms with van der Waals surface area (Å²) >= 11 is 0. The molecule has 1 aliphatic rings. The monoisotopic (exact) mass is 778 g/mol. The van der Waals surface area contributed by atoms with E-state index in [2.05, 4.69) is 123 Å². The molecule has 1 aliphatic heterocycles. The molecule has 0 saturated carbocycles. The number of carbonyl (C=O) groups is 2. The number of nitrogens with zero attached hydrogens (tertiary/aromatic N) is 2. The molecule has 4 heteroatoms. The van der Waals surface area contributed by atoms with Crippen LogP contribution in [0.3, 0.4) is 0 Å². The number of amides is 2. The van der Waals surface area contributed by atoms with Crippen LogP contribution in [0.4, 0.5) is 5.69 Å². The van der Waals surface area contributed by atoms with Crippen LogP contribution in [-0.4, -0.2) is 16.4 Å². The standard InChI is InChI=1S/C54H40N2O2.C2H6/c1-33-27-29-39(35(3)31-33)42-20-11-22-44-45-23-12-21-43(40-30-28-34(2)32-36(40)4)52(45)55(51(42)44)48-26-14-24-46-50(48)54(58)56(53(46)57)47-25-13-19-41(37-15-7-5-8-16-37)49(47)38-17-9-6-10-18-38;1-2/h5-32H,1-4H3;1-2H3. The van der Waals surface area contributed by atoms with E-state index >= 15 is 4.79 Å². The van der Waals surface area contributed by atoms with Crippen molar-refractivity contribution in [1.29, 1.82) is 0 Å². The maximum atomic E-state index is 15.4. The van der Waals surface area contributed by atoms with Crippen LogP contribution < -0.4 is 4.90 Å². The number of fused-ring (bicyclic) bond motifs is 4. The first-order chi connectivity index (χ1) is 29.3. The summed E-state index contributed by atoms with van der Waals surface area (Å²) in [5.74, 6) is -0.685. The lowest BCUT2D eigenvalue weighted by molar-refractivity contribution is 0.0926. The van der Waals surface area contributed by atoms with Gasteiger partial charge in [-0.2, -0.15) is 0 Å². The SMILES string of the molecule is CC.Cc1ccc(-c2cccc3c4cccc(-c5ccc(C)cc5C)c4n(-c4cccc5c4C(=O)N(c4cccc(-c6ccccc6)c4-c4ccccc4)C5=O)c23)c(C)c1. The van der Waals surface area contributed by atoms with E-state index in [1.165, 1.54) is 27.2 Å². The van der Waals surface area contributed by atoms with Crippen molar-refractivity contribution in [2.24, 2.45) is 0 Å². The first kappa shape index (κ1) is 38.2. The van der Waals surface area contributed by atoms with Gasteiger partial charge in [-0.3, -0.25) is 9.59 Å². The quantitative estimate of drug-likeness (QED) is 0.158. The van der Waals surface area contributed by atoms with Crippen LogP contribution in [0.2, 0.25) is 0 Å². The topological polar surface area (TPSA) is 42.3 Å². The molecule has 0 aliphatic carbocycles. The Morgan fingerprint density at radius 1 is 0.367 bits per heavy atom. The van der Waals surface area contributed by atoms with Crippen LogP contribution in [0.1, 0.15) is 56.8 Å². The molecule has 1 aromatic heterocycles.